The molecule has 9 heteroatoms. The summed E-state index contributed by atoms with van der Waals surface area (Å²) in [7, 11) is 0. The van der Waals surface area contributed by atoms with Gasteiger partial charge in [-0.1, -0.05) is 18.0 Å². The fourth-order valence-electron chi connectivity index (χ4n) is 2.28. The van der Waals surface area contributed by atoms with Crippen LogP contribution in [0.4, 0.5) is 23.2 Å². The number of ether oxygens (including phenoxy) is 1. The summed E-state index contributed by atoms with van der Waals surface area (Å²) >= 11 is 1.26. The molecular formula is C18H13F4N3OS. The molecule has 2 aromatic carbocycles. The van der Waals surface area contributed by atoms with Crippen LogP contribution in [0.2, 0.25) is 0 Å². The van der Waals surface area contributed by atoms with Crippen molar-refractivity contribution < 1.29 is 22.3 Å². The minimum absolute atomic E-state index is 0.0576. The van der Waals surface area contributed by atoms with Crippen LogP contribution >= 0.6 is 11.9 Å². The number of hydrogen-bond acceptors (Lipinski definition) is 5. The molecule has 0 fully saturated rings. The van der Waals surface area contributed by atoms with Gasteiger partial charge in [-0.25, -0.2) is 14.4 Å². The van der Waals surface area contributed by atoms with E-state index in [0.717, 1.165) is 12.1 Å². The number of anilines is 1. The Hall–Kier alpha value is -2.81. The normalized spacial score (nSPS) is 11.3. The minimum atomic E-state index is -4.43. The topological polar surface area (TPSA) is 47.0 Å². The average molecular weight is 395 g/mol. The zero-order chi connectivity index (χ0) is 19.4. The maximum atomic E-state index is 14.2. The number of aromatic nitrogens is 2. The van der Waals surface area contributed by atoms with Crippen LogP contribution < -0.4 is 9.46 Å². The molecule has 0 atom stereocenters. The van der Waals surface area contributed by atoms with Gasteiger partial charge < -0.3 is 9.46 Å². The summed E-state index contributed by atoms with van der Waals surface area (Å²) in [4.78, 5) is 8.22. The first-order valence-electron chi connectivity index (χ1n) is 7.63. The summed E-state index contributed by atoms with van der Waals surface area (Å²) in [5.41, 5.74) is 0.231. The third kappa shape index (κ3) is 4.48. The van der Waals surface area contributed by atoms with E-state index in [9.17, 15) is 17.6 Å². The Bertz CT molecular complexity index is 933. The van der Waals surface area contributed by atoms with E-state index in [4.69, 9.17) is 4.74 Å². The Labute approximate surface area is 156 Å². The second-order valence-corrected chi connectivity index (χ2v) is 5.95. The van der Waals surface area contributed by atoms with Crippen molar-refractivity contribution in [1.29, 1.82) is 0 Å². The molecule has 0 saturated carbocycles. The summed E-state index contributed by atoms with van der Waals surface area (Å²) in [5.74, 6) is -0.263. The minimum Gasteiger partial charge on any atom is -0.437 e. The Morgan fingerprint density at radius 1 is 1.00 bits per heavy atom. The van der Waals surface area contributed by atoms with Crippen LogP contribution in [-0.2, 0) is 6.18 Å². The third-order valence-corrected chi connectivity index (χ3v) is 3.94. The first kappa shape index (κ1) is 19.0. The van der Waals surface area contributed by atoms with Crippen LogP contribution in [0.3, 0.4) is 0 Å². The van der Waals surface area contributed by atoms with E-state index in [0.29, 0.717) is 11.3 Å². The smallest absolute Gasteiger partial charge is 0.416 e. The molecule has 0 aliphatic carbocycles. The van der Waals surface area contributed by atoms with Crippen molar-refractivity contribution in [3.8, 4) is 22.9 Å². The number of rotatable bonds is 5. The van der Waals surface area contributed by atoms with Crippen molar-refractivity contribution in [2.45, 2.75) is 6.18 Å². The zero-order valence-electron chi connectivity index (χ0n) is 13.9. The first-order valence-corrected chi connectivity index (χ1v) is 8.86. The summed E-state index contributed by atoms with van der Waals surface area (Å²) in [6.45, 7) is 0. The number of alkyl halides is 3. The highest BCUT2D eigenvalue weighted by Gasteiger charge is 2.30. The van der Waals surface area contributed by atoms with Crippen molar-refractivity contribution in [3.63, 3.8) is 0 Å². The predicted octanol–water partition coefficient (Wildman–Crippen LogP) is 5.78. The van der Waals surface area contributed by atoms with Gasteiger partial charge in [-0.15, -0.1) is 0 Å². The second kappa shape index (κ2) is 7.83. The number of benzene rings is 2. The summed E-state index contributed by atoms with van der Waals surface area (Å²) in [6, 6.07) is 8.67. The maximum absolute atomic E-state index is 14.2. The van der Waals surface area contributed by atoms with E-state index in [1.165, 1.54) is 42.5 Å². The van der Waals surface area contributed by atoms with Gasteiger partial charge in [0.15, 0.2) is 0 Å². The zero-order valence-corrected chi connectivity index (χ0v) is 14.7. The van der Waals surface area contributed by atoms with Crippen molar-refractivity contribution in [1.82, 2.24) is 9.97 Å². The highest BCUT2D eigenvalue weighted by Crippen LogP contribution is 2.34. The molecular weight excluding hydrogens is 382 g/mol. The van der Waals surface area contributed by atoms with Crippen molar-refractivity contribution in [2.75, 3.05) is 11.0 Å². The van der Waals surface area contributed by atoms with E-state index in [1.807, 2.05) is 0 Å². The molecule has 0 aliphatic heterocycles. The molecule has 0 unspecified atom stereocenters. The van der Waals surface area contributed by atoms with Gasteiger partial charge in [0.05, 0.1) is 11.3 Å². The lowest BCUT2D eigenvalue weighted by Crippen LogP contribution is -2.04. The fourth-order valence-corrected chi connectivity index (χ4v) is 2.66. The van der Waals surface area contributed by atoms with Gasteiger partial charge in [0.1, 0.15) is 17.3 Å². The standard InChI is InChI=1S/C18H13F4N3OS/c1-27-25-15-7-2-11(10-14(15)19)16-17(24-9-8-23-16)26-13-5-3-12(4-6-13)18(20,21)22/h2-10,25H,1H3. The molecule has 0 radical (unpaired) electrons. The Balaban J connectivity index is 1.89. The molecule has 3 rings (SSSR count). The fraction of sp³-hybridized carbons (Fsp3) is 0.111. The molecule has 140 valence electrons. The van der Waals surface area contributed by atoms with Gasteiger partial charge in [-0.3, -0.25) is 0 Å². The van der Waals surface area contributed by atoms with E-state index in [1.54, 1.807) is 18.4 Å². The molecule has 0 saturated heterocycles. The van der Waals surface area contributed by atoms with Crippen molar-refractivity contribution in [2.24, 2.45) is 0 Å². The van der Waals surface area contributed by atoms with Crippen LogP contribution in [0, 0.1) is 5.82 Å². The van der Waals surface area contributed by atoms with Gasteiger partial charge in [0.25, 0.3) is 0 Å². The van der Waals surface area contributed by atoms with Gasteiger partial charge in [0.2, 0.25) is 5.88 Å². The Kier molecular flexibility index (Phi) is 5.50. The van der Waals surface area contributed by atoms with E-state index < -0.39 is 17.6 Å². The Morgan fingerprint density at radius 2 is 1.70 bits per heavy atom. The van der Waals surface area contributed by atoms with E-state index in [2.05, 4.69) is 14.7 Å². The van der Waals surface area contributed by atoms with Crippen LogP contribution in [0.1, 0.15) is 5.56 Å². The molecule has 0 bridgehead atoms. The summed E-state index contributed by atoms with van der Waals surface area (Å²) in [6.07, 6.45) is 0.135. The van der Waals surface area contributed by atoms with Crippen molar-refractivity contribution >= 4 is 17.6 Å². The molecule has 0 amide bonds. The molecule has 3 aromatic rings. The Morgan fingerprint density at radius 3 is 2.33 bits per heavy atom. The van der Waals surface area contributed by atoms with Gasteiger partial charge in [-0.2, -0.15) is 13.2 Å². The maximum Gasteiger partial charge on any atom is 0.416 e. The predicted molar refractivity (Wildman–Crippen MR) is 96.1 cm³/mol. The largest absolute Gasteiger partial charge is 0.437 e. The van der Waals surface area contributed by atoms with Crippen molar-refractivity contribution in [3.05, 3.63) is 66.2 Å². The van der Waals surface area contributed by atoms with Gasteiger partial charge in [-0.05, 0) is 36.4 Å². The summed E-state index contributed by atoms with van der Waals surface area (Å²) < 4.78 is 60.5. The van der Waals surface area contributed by atoms with E-state index in [-0.39, 0.29) is 17.3 Å². The molecule has 1 aromatic heterocycles. The highest BCUT2D eigenvalue weighted by molar-refractivity contribution is 7.99. The lowest BCUT2D eigenvalue weighted by Gasteiger charge is -2.11. The molecule has 1 heterocycles. The third-order valence-electron chi connectivity index (χ3n) is 3.52. The quantitative estimate of drug-likeness (QED) is 0.438. The lowest BCUT2D eigenvalue weighted by atomic mass is 10.1. The molecule has 1 N–H and O–H groups in total. The average Bonchev–Trinajstić information content (AvgIpc) is 2.64. The molecule has 0 spiro atoms. The second-order valence-electron chi connectivity index (χ2n) is 5.34. The highest BCUT2D eigenvalue weighted by atomic mass is 32.2. The SMILES string of the molecule is CSNc1ccc(-c2nccnc2Oc2ccc(C(F)(F)F)cc2)cc1F. The lowest BCUT2D eigenvalue weighted by molar-refractivity contribution is -0.137. The molecule has 0 aliphatic rings. The van der Waals surface area contributed by atoms with Crippen LogP contribution in [0.15, 0.2) is 54.9 Å². The number of halogens is 4. The molecule has 27 heavy (non-hydrogen) atoms. The monoisotopic (exact) mass is 395 g/mol. The number of nitrogens with one attached hydrogen (secondary N) is 1. The van der Waals surface area contributed by atoms with Crippen LogP contribution in [0.25, 0.3) is 11.3 Å². The van der Waals surface area contributed by atoms with Gasteiger partial charge in [0, 0.05) is 24.2 Å². The first-order chi connectivity index (χ1) is 12.9. The van der Waals surface area contributed by atoms with Crippen LogP contribution in [0.5, 0.6) is 11.6 Å². The number of hydrogen-bond donors (Lipinski definition) is 1. The van der Waals surface area contributed by atoms with Crippen LogP contribution in [-0.4, -0.2) is 16.2 Å². The van der Waals surface area contributed by atoms with E-state index >= 15 is 0 Å². The molecule has 4 nitrogen and oxygen atoms in total. The van der Waals surface area contributed by atoms with Gasteiger partial charge >= 0.3 is 6.18 Å². The number of nitrogens with zero attached hydrogens (tertiary/aromatic N) is 2. The summed E-state index contributed by atoms with van der Waals surface area (Å²) in [5, 5.41) is 0.